The number of hydrogen-bond donors (Lipinski definition) is 0. The van der Waals surface area contributed by atoms with E-state index in [2.05, 4.69) is 35.6 Å². The van der Waals surface area contributed by atoms with E-state index in [9.17, 15) is 4.79 Å². The van der Waals surface area contributed by atoms with Gasteiger partial charge in [-0.25, -0.2) is 0 Å². The number of Topliss-reactive ketones (excluding diaryl/α,β-unsaturated/α-hetero) is 1. The van der Waals surface area contributed by atoms with Crippen molar-refractivity contribution in [1.82, 2.24) is 4.90 Å². The fraction of sp³-hybridized carbons (Fsp3) is 0.706. The van der Waals surface area contributed by atoms with Crippen LogP contribution in [0, 0.1) is 5.92 Å². The number of ketones is 1. The molecule has 1 saturated heterocycles. The van der Waals surface area contributed by atoms with Crippen LogP contribution in [0.3, 0.4) is 0 Å². The fourth-order valence-corrected chi connectivity index (χ4v) is 4.11. The molecule has 1 saturated carbocycles. The normalized spacial score (nSPS) is 27.5. The lowest BCUT2D eigenvalue weighted by Gasteiger charge is -2.30. The van der Waals surface area contributed by atoms with E-state index in [-0.39, 0.29) is 17.3 Å². The van der Waals surface area contributed by atoms with Crippen LogP contribution in [0.25, 0.3) is 0 Å². The van der Waals surface area contributed by atoms with Crippen LogP contribution >= 0.6 is 11.3 Å². The van der Waals surface area contributed by atoms with Gasteiger partial charge in [-0.1, -0.05) is 0 Å². The number of carbonyl (C=O) groups is 1. The third kappa shape index (κ3) is 3.08. The number of rotatable bonds is 5. The van der Waals surface area contributed by atoms with Crippen molar-refractivity contribution in [2.75, 3.05) is 6.54 Å². The molecule has 4 heteroatoms. The van der Waals surface area contributed by atoms with Gasteiger partial charge in [0.2, 0.25) is 0 Å². The number of hydrogen-bond acceptors (Lipinski definition) is 4. The third-order valence-electron chi connectivity index (χ3n) is 4.71. The molecular formula is C17H25NO2S. The van der Waals surface area contributed by atoms with Crippen molar-refractivity contribution < 1.29 is 9.53 Å². The maximum Gasteiger partial charge on any atom is 0.171 e. The average molecular weight is 307 g/mol. The molecule has 0 amide bonds. The summed E-state index contributed by atoms with van der Waals surface area (Å²) in [6, 6.07) is 2.83. The molecule has 3 rings (SSSR count). The SMILES string of the molecule is CC1(C)OC(C)(C)C(CN(Cc2ccsc2)C2CC2)C1=O. The van der Waals surface area contributed by atoms with Gasteiger partial charge in [-0.2, -0.15) is 11.3 Å². The van der Waals surface area contributed by atoms with E-state index >= 15 is 0 Å². The molecule has 3 nitrogen and oxygen atoms in total. The van der Waals surface area contributed by atoms with Crippen molar-refractivity contribution in [2.24, 2.45) is 5.92 Å². The van der Waals surface area contributed by atoms with Crippen molar-refractivity contribution >= 4 is 17.1 Å². The van der Waals surface area contributed by atoms with Crippen molar-refractivity contribution in [3.8, 4) is 0 Å². The molecule has 2 heterocycles. The Balaban J connectivity index is 1.75. The van der Waals surface area contributed by atoms with Gasteiger partial charge < -0.3 is 4.74 Å². The monoisotopic (exact) mass is 307 g/mol. The minimum Gasteiger partial charge on any atom is -0.361 e. The van der Waals surface area contributed by atoms with Crippen LogP contribution in [0.2, 0.25) is 0 Å². The van der Waals surface area contributed by atoms with Gasteiger partial charge in [-0.15, -0.1) is 0 Å². The summed E-state index contributed by atoms with van der Waals surface area (Å²) in [6.07, 6.45) is 2.52. The first-order chi connectivity index (χ1) is 9.79. The van der Waals surface area contributed by atoms with E-state index in [1.807, 2.05) is 13.8 Å². The quantitative estimate of drug-likeness (QED) is 0.834. The standard InChI is InChI=1S/C17H25NO2S/c1-16(2)14(15(19)17(3,4)20-16)10-18(13-5-6-13)9-12-7-8-21-11-12/h7-8,11,13-14H,5-6,9-10H2,1-4H3. The molecule has 0 N–H and O–H groups in total. The van der Waals surface area contributed by atoms with E-state index in [0.717, 1.165) is 13.1 Å². The van der Waals surface area contributed by atoms with Gasteiger partial charge in [0, 0.05) is 19.1 Å². The summed E-state index contributed by atoms with van der Waals surface area (Å²) in [5.74, 6) is 0.218. The zero-order valence-corrected chi connectivity index (χ0v) is 14.2. The van der Waals surface area contributed by atoms with Gasteiger partial charge in [-0.05, 0) is 62.9 Å². The first-order valence-corrected chi connectivity index (χ1v) is 8.73. The van der Waals surface area contributed by atoms with Crippen molar-refractivity contribution in [2.45, 2.75) is 64.3 Å². The highest BCUT2D eigenvalue weighted by molar-refractivity contribution is 7.07. The molecule has 1 aromatic heterocycles. The second-order valence-electron chi connectivity index (χ2n) is 7.42. The zero-order chi connectivity index (χ0) is 15.3. The number of thiophene rings is 1. The van der Waals surface area contributed by atoms with Crippen LogP contribution < -0.4 is 0 Å². The average Bonchev–Trinajstić information content (AvgIpc) is 3.06. The Morgan fingerprint density at radius 1 is 1.33 bits per heavy atom. The molecule has 1 aliphatic carbocycles. The molecule has 1 aromatic rings. The molecule has 116 valence electrons. The lowest BCUT2D eigenvalue weighted by molar-refractivity contribution is -0.132. The second kappa shape index (κ2) is 5.18. The lowest BCUT2D eigenvalue weighted by atomic mass is 9.85. The highest BCUT2D eigenvalue weighted by Gasteiger charge is 2.54. The van der Waals surface area contributed by atoms with Gasteiger partial charge in [-0.3, -0.25) is 9.69 Å². The van der Waals surface area contributed by atoms with E-state index in [0.29, 0.717) is 6.04 Å². The Morgan fingerprint density at radius 2 is 2.05 bits per heavy atom. The van der Waals surface area contributed by atoms with Crippen molar-refractivity contribution in [1.29, 1.82) is 0 Å². The molecule has 0 spiro atoms. The summed E-state index contributed by atoms with van der Waals surface area (Å²) >= 11 is 1.74. The van der Waals surface area contributed by atoms with Gasteiger partial charge >= 0.3 is 0 Å². The molecular weight excluding hydrogens is 282 g/mol. The minimum absolute atomic E-state index is 0.0354. The topological polar surface area (TPSA) is 29.5 Å². The molecule has 0 radical (unpaired) electrons. The molecule has 2 aliphatic rings. The molecule has 21 heavy (non-hydrogen) atoms. The Hall–Kier alpha value is -0.710. The molecule has 0 aromatic carbocycles. The smallest absolute Gasteiger partial charge is 0.171 e. The Morgan fingerprint density at radius 3 is 2.52 bits per heavy atom. The van der Waals surface area contributed by atoms with E-state index in [1.54, 1.807) is 11.3 Å². The zero-order valence-electron chi connectivity index (χ0n) is 13.4. The number of carbonyl (C=O) groups excluding carboxylic acids is 1. The van der Waals surface area contributed by atoms with Crippen LogP contribution in [0.4, 0.5) is 0 Å². The summed E-state index contributed by atoms with van der Waals surface area (Å²) in [5.41, 5.74) is 0.337. The predicted molar refractivity (Wildman–Crippen MR) is 85.5 cm³/mol. The highest BCUT2D eigenvalue weighted by atomic mass is 32.1. The highest BCUT2D eigenvalue weighted by Crippen LogP contribution is 2.41. The maximum absolute atomic E-state index is 12.7. The summed E-state index contributed by atoms with van der Waals surface area (Å²) in [7, 11) is 0. The first-order valence-electron chi connectivity index (χ1n) is 7.79. The molecule has 1 atom stereocenters. The summed E-state index contributed by atoms with van der Waals surface area (Å²) < 4.78 is 6.02. The van der Waals surface area contributed by atoms with E-state index in [1.165, 1.54) is 18.4 Å². The third-order valence-corrected chi connectivity index (χ3v) is 5.45. The summed E-state index contributed by atoms with van der Waals surface area (Å²) in [6.45, 7) is 9.68. The van der Waals surface area contributed by atoms with Crippen LogP contribution in [-0.4, -0.2) is 34.5 Å². The largest absolute Gasteiger partial charge is 0.361 e. The summed E-state index contributed by atoms with van der Waals surface area (Å²) in [4.78, 5) is 15.2. The fourth-order valence-electron chi connectivity index (χ4n) is 3.45. The van der Waals surface area contributed by atoms with E-state index in [4.69, 9.17) is 4.74 Å². The van der Waals surface area contributed by atoms with Gasteiger partial charge in [0.25, 0.3) is 0 Å². The number of nitrogens with zero attached hydrogens (tertiary/aromatic N) is 1. The Bertz CT molecular complexity index is 517. The van der Waals surface area contributed by atoms with Crippen LogP contribution in [-0.2, 0) is 16.1 Å². The van der Waals surface area contributed by atoms with Gasteiger partial charge in [0.1, 0.15) is 5.60 Å². The summed E-state index contributed by atoms with van der Waals surface area (Å²) in [5, 5.41) is 4.33. The van der Waals surface area contributed by atoms with Crippen molar-refractivity contribution in [3.05, 3.63) is 22.4 Å². The van der Waals surface area contributed by atoms with Crippen LogP contribution in [0.15, 0.2) is 16.8 Å². The van der Waals surface area contributed by atoms with Gasteiger partial charge in [0.05, 0.1) is 11.5 Å². The molecule has 1 aliphatic heterocycles. The maximum atomic E-state index is 12.7. The molecule has 1 unspecified atom stereocenters. The van der Waals surface area contributed by atoms with Crippen LogP contribution in [0.5, 0.6) is 0 Å². The van der Waals surface area contributed by atoms with Crippen LogP contribution in [0.1, 0.15) is 46.1 Å². The Kier molecular flexibility index (Phi) is 3.75. The van der Waals surface area contributed by atoms with Crippen molar-refractivity contribution in [3.63, 3.8) is 0 Å². The molecule has 2 fully saturated rings. The number of ether oxygens (including phenoxy) is 1. The second-order valence-corrected chi connectivity index (χ2v) is 8.20. The minimum atomic E-state index is -0.647. The first kappa shape index (κ1) is 15.2. The molecule has 0 bridgehead atoms. The predicted octanol–water partition coefficient (Wildman–Crippen LogP) is 3.49. The van der Waals surface area contributed by atoms with Gasteiger partial charge in [0.15, 0.2) is 5.78 Å². The Labute approximate surface area is 131 Å². The lowest BCUT2D eigenvalue weighted by Crippen LogP contribution is -2.41. The van der Waals surface area contributed by atoms with E-state index < -0.39 is 5.60 Å².